The third-order valence-electron chi connectivity index (χ3n) is 4.12. The highest BCUT2D eigenvalue weighted by atomic mass is 19.1. The monoisotopic (exact) mass is 341 g/mol. The molecule has 0 atom stereocenters. The molecular formula is C17H16FN5O2. The van der Waals surface area contributed by atoms with Crippen molar-refractivity contribution in [3.63, 3.8) is 0 Å². The van der Waals surface area contributed by atoms with Crippen LogP contribution in [-0.4, -0.2) is 38.9 Å². The number of halogens is 1. The molecule has 0 spiro atoms. The van der Waals surface area contributed by atoms with Crippen LogP contribution in [0.5, 0.6) is 5.88 Å². The number of aromatic nitrogens is 4. The minimum Gasteiger partial charge on any atom is -0.480 e. The molecule has 0 amide bonds. The van der Waals surface area contributed by atoms with Crippen LogP contribution in [0, 0.1) is 5.82 Å². The van der Waals surface area contributed by atoms with Crippen molar-refractivity contribution in [2.75, 3.05) is 13.7 Å². The zero-order chi connectivity index (χ0) is 17.2. The van der Waals surface area contributed by atoms with Gasteiger partial charge in [-0.3, -0.25) is 4.90 Å². The Morgan fingerprint density at radius 1 is 1.16 bits per heavy atom. The maximum absolute atomic E-state index is 13.0. The Kier molecular flexibility index (Phi) is 4.10. The summed E-state index contributed by atoms with van der Waals surface area (Å²) < 4.78 is 23.8. The summed E-state index contributed by atoms with van der Waals surface area (Å²) in [6.07, 6.45) is 0.811. The molecule has 8 heteroatoms. The lowest BCUT2D eigenvalue weighted by Crippen LogP contribution is -2.31. The van der Waals surface area contributed by atoms with E-state index in [0.29, 0.717) is 29.8 Å². The first-order valence-electron chi connectivity index (χ1n) is 7.91. The molecule has 2 aromatic heterocycles. The van der Waals surface area contributed by atoms with E-state index >= 15 is 0 Å². The van der Waals surface area contributed by atoms with Gasteiger partial charge in [0, 0.05) is 31.1 Å². The maximum atomic E-state index is 13.0. The van der Waals surface area contributed by atoms with Crippen molar-refractivity contribution in [1.82, 2.24) is 25.3 Å². The fourth-order valence-corrected chi connectivity index (χ4v) is 2.82. The molecule has 0 unspecified atom stereocenters. The summed E-state index contributed by atoms with van der Waals surface area (Å²) in [7, 11) is 1.58. The zero-order valence-corrected chi connectivity index (χ0v) is 13.6. The van der Waals surface area contributed by atoms with E-state index in [4.69, 9.17) is 9.15 Å². The summed E-state index contributed by atoms with van der Waals surface area (Å²) in [6.45, 7) is 2.09. The van der Waals surface area contributed by atoms with Crippen LogP contribution in [0.25, 0.3) is 11.5 Å². The van der Waals surface area contributed by atoms with Crippen molar-refractivity contribution in [3.8, 4) is 17.3 Å². The highest BCUT2D eigenvalue weighted by molar-refractivity contribution is 5.51. The third kappa shape index (κ3) is 3.34. The van der Waals surface area contributed by atoms with Crippen LogP contribution >= 0.6 is 0 Å². The fraction of sp³-hybridized carbons (Fsp3) is 0.294. The van der Waals surface area contributed by atoms with E-state index in [1.807, 2.05) is 6.07 Å². The molecule has 4 rings (SSSR count). The van der Waals surface area contributed by atoms with Crippen molar-refractivity contribution in [1.29, 1.82) is 0 Å². The van der Waals surface area contributed by atoms with Gasteiger partial charge in [0.2, 0.25) is 17.7 Å². The summed E-state index contributed by atoms with van der Waals surface area (Å²) in [5, 5.41) is 16.3. The number of nitrogens with zero attached hydrogens (tertiary/aromatic N) is 5. The van der Waals surface area contributed by atoms with Crippen molar-refractivity contribution in [2.24, 2.45) is 0 Å². The van der Waals surface area contributed by atoms with Crippen LogP contribution in [0.1, 0.15) is 17.1 Å². The van der Waals surface area contributed by atoms with Crippen LogP contribution in [0.4, 0.5) is 4.39 Å². The van der Waals surface area contributed by atoms with E-state index in [9.17, 15) is 4.39 Å². The Hall–Kier alpha value is -2.87. The van der Waals surface area contributed by atoms with Gasteiger partial charge in [-0.1, -0.05) is 0 Å². The highest BCUT2D eigenvalue weighted by Gasteiger charge is 2.21. The molecule has 0 N–H and O–H groups in total. The number of fused-ring (bicyclic) bond motifs is 1. The van der Waals surface area contributed by atoms with Gasteiger partial charge in [0.05, 0.1) is 19.3 Å². The predicted octanol–water partition coefficient (Wildman–Crippen LogP) is 2.23. The first kappa shape index (κ1) is 15.6. The first-order valence-corrected chi connectivity index (χ1v) is 7.91. The largest absolute Gasteiger partial charge is 0.480 e. The van der Waals surface area contributed by atoms with Gasteiger partial charge in [-0.15, -0.1) is 15.3 Å². The van der Waals surface area contributed by atoms with E-state index in [-0.39, 0.29) is 5.82 Å². The van der Waals surface area contributed by atoms with Gasteiger partial charge in [-0.2, -0.15) is 5.10 Å². The van der Waals surface area contributed by atoms with E-state index < -0.39 is 0 Å². The van der Waals surface area contributed by atoms with Gasteiger partial charge in [0.25, 0.3) is 0 Å². The first-order chi connectivity index (χ1) is 12.2. The number of ether oxygens (including phenoxy) is 1. The molecule has 0 bridgehead atoms. The molecule has 1 aliphatic rings. The molecule has 7 nitrogen and oxygen atoms in total. The average Bonchev–Trinajstić information content (AvgIpc) is 3.10. The number of hydrogen-bond donors (Lipinski definition) is 0. The molecule has 128 valence electrons. The Balaban J connectivity index is 1.47. The third-order valence-corrected chi connectivity index (χ3v) is 4.12. The van der Waals surface area contributed by atoms with Gasteiger partial charge < -0.3 is 9.15 Å². The maximum Gasteiger partial charge on any atom is 0.247 e. The van der Waals surface area contributed by atoms with Crippen molar-refractivity contribution in [2.45, 2.75) is 19.5 Å². The number of hydrogen-bond acceptors (Lipinski definition) is 7. The van der Waals surface area contributed by atoms with Crippen molar-refractivity contribution >= 4 is 0 Å². The van der Waals surface area contributed by atoms with Crippen LogP contribution in [-0.2, 0) is 19.5 Å². The van der Waals surface area contributed by atoms with Crippen LogP contribution < -0.4 is 4.74 Å². The number of methoxy groups -OCH3 is 1. The standard InChI is InChI=1S/C17H16FN5O2/c1-24-15-8-12-9-23(7-6-14(12)19-20-15)10-16-21-22-17(25-16)11-2-4-13(18)5-3-11/h2-5,8H,6-7,9-10H2,1H3. The Morgan fingerprint density at radius 2 is 2.00 bits per heavy atom. The molecule has 25 heavy (non-hydrogen) atoms. The van der Waals surface area contributed by atoms with E-state index in [2.05, 4.69) is 25.3 Å². The number of benzene rings is 1. The normalized spacial score (nSPS) is 14.3. The lowest BCUT2D eigenvalue weighted by atomic mass is 10.1. The summed E-state index contributed by atoms with van der Waals surface area (Å²) >= 11 is 0. The van der Waals surface area contributed by atoms with Gasteiger partial charge in [-0.05, 0) is 29.8 Å². The molecule has 0 radical (unpaired) electrons. The SMILES string of the molecule is COc1cc2c(nn1)CCN(Cc1nnc(-c3ccc(F)cc3)o1)C2. The van der Waals surface area contributed by atoms with Crippen molar-refractivity contribution < 1.29 is 13.5 Å². The Bertz CT molecular complexity index is 881. The molecule has 1 aromatic carbocycles. The fourth-order valence-electron chi connectivity index (χ4n) is 2.82. The Labute approximate surface area is 143 Å². The predicted molar refractivity (Wildman–Crippen MR) is 86.1 cm³/mol. The minimum atomic E-state index is -0.297. The van der Waals surface area contributed by atoms with E-state index in [1.54, 1.807) is 19.2 Å². The second kappa shape index (κ2) is 6.56. The summed E-state index contributed by atoms with van der Waals surface area (Å²) in [4.78, 5) is 2.20. The summed E-state index contributed by atoms with van der Waals surface area (Å²) in [6, 6.07) is 7.89. The second-order valence-electron chi connectivity index (χ2n) is 5.83. The van der Waals surface area contributed by atoms with Gasteiger partial charge in [0.1, 0.15) is 5.82 Å². The number of rotatable bonds is 4. The molecule has 0 fully saturated rings. The lowest BCUT2D eigenvalue weighted by Gasteiger charge is -2.26. The van der Waals surface area contributed by atoms with Crippen LogP contribution in [0.2, 0.25) is 0 Å². The molecule has 0 aliphatic carbocycles. The van der Waals surface area contributed by atoms with Crippen molar-refractivity contribution in [3.05, 3.63) is 53.3 Å². The van der Waals surface area contributed by atoms with E-state index in [0.717, 1.165) is 30.8 Å². The quantitative estimate of drug-likeness (QED) is 0.720. The van der Waals surface area contributed by atoms with Gasteiger partial charge in [-0.25, -0.2) is 4.39 Å². The highest BCUT2D eigenvalue weighted by Crippen LogP contribution is 2.22. The molecule has 3 aromatic rings. The van der Waals surface area contributed by atoms with E-state index in [1.165, 1.54) is 12.1 Å². The molecular weight excluding hydrogens is 325 g/mol. The minimum absolute atomic E-state index is 0.297. The zero-order valence-electron chi connectivity index (χ0n) is 13.6. The molecule has 0 saturated heterocycles. The summed E-state index contributed by atoms with van der Waals surface area (Å²) in [5.41, 5.74) is 2.79. The second-order valence-corrected chi connectivity index (χ2v) is 5.83. The Morgan fingerprint density at radius 3 is 2.80 bits per heavy atom. The van der Waals surface area contributed by atoms with Crippen LogP contribution in [0.15, 0.2) is 34.7 Å². The summed E-state index contributed by atoms with van der Waals surface area (Å²) in [5.74, 6) is 1.13. The lowest BCUT2D eigenvalue weighted by molar-refractivity contribution is 0.218. The van der Waals surface area contributed by atoms with Gasteiger partial charge >= 0.3 is 0 Å². The molecule has 0 saturated carbocycles. The topological polar surface area (TPSA) is 77.2 Å². The van der Waals surface area contributed by atoms with Gasteiger partial charge in [0.15, 0.2) is 0 Å². The van der Waals surface area contributed by atoms with Crippen LogP contribution in [0.3, 0.4) is 0 Å². The molecule has 1 aliphatic heterocycles. The average molecular weight is 341 g/mol. The molecule has 3 heterocycles. The smallest absolute Gasteiger partial charge is 0.247 e.